The van der Waals surface area contributed by atoms with Crippen molar-refractivity contribution in [1.29, 1.82) is 0 Å². The van der Waals surface area contributed by atoms with Crippen molar-refractivity contribution in [1.82, 2.24) is 15.1 Å². The maximum absolute atomic E-state index is 12.4. The minimum Gasteiger partial charge on any atom is -0.452 e. The number of nitrogens with zero attached hydrogens (tertiary/aromatic N) is 2. The second kappa shape index (κ2) is 8.78. The molecule has 0 fully saturated rings. The van der Waals surface area contributed by atoms with E-state index in [1.54, 1.807) is 11.6 Å². The summed E-state index contributed by atoms with van der Waals surface area (Å²) in [5.74, 6) is -0.611. The zero-order chi connectivity index (χ0) is 20.3. The Bertz CT molecular complexity index is 876. The van der Waals surface area contributed by atoms with Gasteiger partial charge in [0.2, 0.25) is 0 Å². The summed E-state index contributed by atoms with van der Waals surface area (Å²) in [6.07, 6.45) is 2.92. The van der Waals surface area contributed by atoms with Crippen LogP contribution >= 0.6 is 11.6 Å². The smallest absolute Gasteiger partial charge is 0.343 e. The summed E-state index contributed by atoms with van der Waals surface area (Å²) in [5, 5.41) is 7.52. The molecule has 1 amide bonds. The van der Waals surface area contributed by atoms with E-state index in [0.29, 0.717) is 18.2 Å². The molecule has 1 atom stereocenters. The lowest BCUT2D eigenvalue weighted by molar-refractivity contribution is -0.125. The SMILES string of the molecule is Cc1nn(CC(C)C)c(Cl)c1C(=O)OCC(=O)N[C@H]1CCCc2ccccc21. The van der Waals surface area contributed by atoms with Crippen LogP contribution in [-0.2, 0) is 22.5 Å². The lowest BCUT2D eigenvalue weighted by Gasteiger charge is -2.26. The molecule has 0 radical (unpaired) electrons. The fraction of sp³-hybridized carbons (Fsp3) is 0.476. The third-order valence-electron chi connectivity index (χ3n) is 4.85. The van der Waals surface area contributed by atoms with E-state index < -0.39 is 5.97 Å². The van der Waals surface area contributed by atoms with E-state index >= 15 is 0 Å². The van der Waals surface area contributed by atoms with Crippen molar-refractivity contribution in [2.45, 2.75) is 52.6 Å². The molecule has 0 unspecified atom stereocenters. The van der Waals surface area contributed by atoms with Gasteiger partial charge in [0.15, 0.2) is 6.61 Å². The predicted molar refractivity (Wildman–Crippen MR) is 107 cm³/mol. The Hall–Kier alpha value is -2.34. The van der Waals surface area contributed by atoms with Gasteiger partial charge in [-0.15, -0.1) is 0 Å². The Morgan fingerprint density at radius 3 is 2.86 bits per heavy atom. The summed E-state index contributed by atoms with van der Waals surface area (Å²) in [6, 6.07) is 8.07. The molecule has 28 heavy (non-hydrogen) atoms. The molecule has 1 heterocycles. The van der Waals surface area contributed by atoms with Gasteiger partial charge in [-0.05, 0) is 43.2 Å². The molecule has 1 aromatic heterocycles. The van der Waals surface area contributed by atoms with Crippen molar-refractivity contribution in [3.8, 4) is 0 Å². The van der Waals surface area contributed by atoms with E-state index in [4.69, 9.17) is 16.3 Å². The quantitative estimate of drug-likeness (QED) is 0.743. The standard InChI is InChI=1S/C21H26ClN3O3/c1-13(2)11-25-20(22)19(14(3)24-25)21(27)28-12-18(26)23-17-10-6-8-15-7-4-5-9-16(15)17/h4-5,7,9,13,17H,6,8,10-12H2,1-3H3,(H,23,26)/t17-/m0/s1. The van der Waals surface area contributed by atoms with Gasteiger partial charge in [0.1, 0.15) is 10.7 Å². The Morgan fingerprint density at radius 2 is 2.11 bits per heavy atom. The first-order chi connectivity index (χ1) is 13.4. The number of fused-ring (bicyclic) bond motifs is 1. The van der Waals surface area contributed by atoms with E-state index in [9.17, 15) is 9.59 Å². The number of aryl methyl sites for hydroxylation is 2. The van der Waals surface area contributed by atoms with Crippen molar-refractivity contribution >= 4 is 23.5 Å². The fourth-order valence-corrected chi connectivity index (χ4v) is 3.92. The third-order valence-corrected chi connectivity index (χ3v) is 5.23. The lowest BCUT2D eigenvalue weighted by Crippen LogP contribution is -2.34. The maximum atomic E-state index is 12.4. The van der Waals surface area contributed by atoms with Crippen molar-refractivity contribution in [3.05, 3.63) is 51.8 Å². The Labute approximate surface area is 170 Å². The highest BCUT2D eigenvalue weighted by atomic mass is 35.5. The van der Waals surface area contributed by atoms with Gasteiger partial charge in [0.05, 0.1) is 11.7 Å². The van der Waals surface area contributed by atoms with Gasteiger partial charge in [0, 0.05) is 6.54 Å². The van der Waals surface area contributed by atoms with Gasteiger partial charge >= 0.3 is 5.97 Å². The van der Waals surface area contributed by atoms with Crippen molar-refractivity contribution in [2.24, 2.45) is 5.92 Å². The number of nitrogens with one attached hydrogen (secondary N) is 1. The first kappa shape index (κ1) is 20.4. The third kappa shape index (κ3) is 4.55. The molecule has 1 N–H and O–H groups in total. The highest BCUT2D eigenvalue weighted by Crippen LogP contribution is 2.29. The Morgan fingerprint density at radius 1 is 1.36 bits per heavy atom. The van der Waals surface area contributed by atoms with Gasteiger partial charge in [-0.3, -0.25) is 9.48 Å². The first-order valence-electron chi connectivity index (χ1n) is 9.64. The van der Waals surface area contributed by atoms with E-state index in [-0.39, 0.29) is 29.3 Å². The molecular formula is C21H26ClN3O3. The summed E-state index contributed by atoms with van der Waals surface area (Å²) in [7, 11) is 0. The number of halogens is 1. The molecule has 3 rings (SSSR count). The number of aromatic nitrogens is 2. The number of benzene rings is 1. The van der Waals surface area contributed by atoms with Crippen LogP contribution in [0.15, 0.2) is 24.3 Å². The maximum Gasteiger partial charge on any atom is 0.343 e. The predicted octanol–water partition coefficient (Wildman–Crippen LogP) is 3.85. The van der Waals surface area contributed by atoms with Crippen molar-refractivity contribution < 1.29 is 14.3 Å². The molecule has 6 nitrogen and oxygen atoms in total. The van der Waals surface area contributed by atoms with E-state index in [1.165, 1.54) is 5.56 Å². The molecule has 7 heteroatoms. The summed E-state index contributed by atoms with van der Waals surface area (Å²) in [4.78, 5) is 24.8. The van der Waals surface area contributed by atoms with Gasteiger partial charge < -0.3 is 10.1 Å². The van der Waals surface area contributed by atoms with Crippen LogP contribution in [0.1, 0.15) is 59.9 Å². The lowest BCUT2D eigenvalue weighted by atomic mass is 9.88. The molecule has 1 aliphatic carbocycles. The average molecular weight is 404 g/mol. The highest BCUT2D eigenvalue weighted by Gasteiger charge is 2.24. The molecule has 0 saturated heterocycles. The number of carbonyl (C=O) groups excluding carboxylic acids is 2. The fourth-order valence-electron chi connectivity index (χ4n) is 3.60. The molecule has 150 valence electrons. The average Bonchev–Trinajstić information content (AvgIpc) is 2.93. The number of carbonyl (C=O) groups is 2. The molecule has 1 aliphatic rings. The minimum atomic E-state index is -0.628. The molecule has 0 aliphatic heterocycles. The second-order valence-electron chi connectivity index (χ2n) is 7.61. The normalized spacial score (nSPS) is 16.0. The van der Waals surface area contributed by atoms with Gasteiger partial charge in [-0.25, -0.2) is 4.79 Å². The molecule has 0 spiro atoms. The zero-order valence-corrected chi connectivity index (χ0v) is 17.3. The summed E-state index contributed by atoms with van der Waals surface area (Å²) < 4.78 is 6.81. The zero-order valence-electron chi connectivity index (χ0n) is 16.5. The molecule has 0 saturated carbocycles. The topological polar surface area (TPSA) is 73.2 Å². The van der Waals surface area contributed by atoms with Crippen LogP contribution in [0.5, 0.6) is 0 Å². The number of esters is 1. The van der Waals surface area contributed by atoms with E-state index in [0.717, 1.165) is 24.8 Å². The summed E-state index contributed by atoms with van der Waals surface area (Å²) in [6.45, 7) is 6.05. The van der Waals surface area contributed by atoms with Crippen molar-refractivity contribution in [3.63, 3.8) is 0 Å². The van der Waals surface area contributed by atoms with E-state index in [2.05, 4.69) is 16.5 Å². The van der Waals surface area contributed by atoms with Crippen LogP contribution in [0.2, 0.25) is 5.15 Å². The molecule has 1 aromatic carbocycles. The number of hydrogen-bond acceptors (Lipinski definition) is 4. The van der Waals surface area contributed by atoms with Crippen LogP contribution in [0.25, 0.3) is 0 Å². The summed E-state index contributed by atoms with van der Waals surface area (Å²) in [5.41, 5.74) is 3.12. The summed E-state index contributed by atoms with van der Waals surface area (Å²) >= 11 is 6.29. The van der Waals surface area contributed by atoms with Crippen LogP contribution in [0.3, 0.4) is 0 Å². The van der Waals surface area contributed by atoms with Crippen LogP contribution < -0.4 is 5.32 Å². The Kier molecular flexibility index (Phi) is 6.39. The monoisotopic (exact) mass is 403 g/mol. The van der Waals surface area contributed by atoms with Crippen LogP contribution in [0.4, 0.5) is 0 Å². The van der Waals surface area contributed by atoms with Gasteiger partial charge in [0.25, 0.3) is 5.91 Å². The Balaban J connectivity index is 1.60. The van der Waals surface area contributed by atoms with Gasteiger partial charge in [-0.2, -0.15) is 5.10 Å². The molecular weight excluding hydrogens is 378 g/mol. The number of amides is 1. The molecule has 2 aromatic rings. The van der Waals surface area contributed by atoms with E-state index in [1.807, 2.05) is 32.0 Å². The van der Waals surface area contributed by atoms with Crippen LogP contribution in [0, 0.1) is 12.8 Å². The molecule has 0 bridgehead atoms. The second-order valence-corrected chi connectivity index (χ2v) is 7.97. The number of ether oxygens (including phenoxy) is 1. The highest BCUT2D eigenvalue weighted by molar-refractivity contribution is 6.32. The first-order valence-corrected chi connectivity index (χ1v) is 10.0. The number of hydrogen-bond donors (Lipinski definition) is 1. The van der Waals surface area contributed by atoms with Crippen LogP contribution in [-0.4, -0.2) is 28.3 Å². The van der Waals surface area contributed by atoms with Gasteiger partial charge in [-0.1, -0.05) is 49.7 Å². The largest absolute Gasteiger partial charge is 0.452 e. The number of rotatable bonds is 6. The van der Waals surface area contributed by atoms with Crippen molar-refractivity contribution in [2.75, 3.05) is 6.61 Å². The minimum absolute atomic E-state index is 0.0460.